The highest BCUT2D eigenvalue weighted by Gasteiger charge is 2.61. The number of carbonyl (C=O) groups excluding carboxylic acids is 2. The molecule has 1 aliphatic heterocycles. The maximum absolute atomic E-state index is 12.6. The molecule has 1 saturated heterocycles. The first-order valence-electron chi connectivity index (χ1n) is 7.26. The molecule has 4 nitrogen and oxygen atoms in total. The highest BCUT2D eigenvalue weighted by atomic mass is 16.2. The molecule has 3 rings (SSSR count). The van der Waals surface area contributed by atoms with Crippen molar-refractivity contribution >= 4 is 11.8 Å². The molecule has 0 bridgehead atoms. The summed E-state index contributed by atoms with van der Waals surface area (Å²) < 4.78 is 0. The van der Waals surface area contributed by atoms with Crippen molar-refractivity contribution in [2.75, 3.05) is 7.05 Å². The van der Waals surface area contributed by atoms with Gasteiger partial charge in [-0.1, -0.05) is 38.1 Å². The van der Waals surface area contributed by atoms with Crippen LogP contribution in [0.5, 0.6) is 0 Å². The highest BCUT2D eigenvalue weighted by molar-refractivity contribution is 6.06. The van der Waals surface area contributed by atoms with E-state index in [1.807, 2.05) is 38.1 Å². The first-order chi connectivity index (χ1) is 9.95. The number of hydrogen-bond donors (Lipinski definition) is 0. The van der Waals surface area contributed by atoms with Gasteiger partial charge in [-0.05, 0) is 23.5 Å². The lowest BCUT2D eigenvalue weighted by Crippen LogP contribution is -2.49. The Balaban J connectivity index is 2.31. The van der Waals surface area contributed by atoms with Gasteiger partial charge < -0.3 is 0 Å². The van der Waals surface area contributed by atoms with Gasteiger partial charge in [0, 0.05) is 7.05 Å². The Bertz CT molecular complexity index is 674. The number of likely N-dealkylation sites (tertiary alicyclic amines) is 1. The Morgan fingerprint density at radius 1 is 1.29 bits per heavy atom. The minimum atomic E-state index is -0.920. The quantitative estimate of drug-likeness (QED) is 0.739. The first-order valence-corrected chi connectivity index (χ1v) is 7.26. The van der Waals surface area contributed by atoms with Gasteiger partial charge in [0.15, 0.2) is 0 Å². The summed E-state index contributed by atoms with van der Waals surface area (Å²) in [7, 11) is 1.52. The molecule has 108 valence electrons. The van der Waals surface area contributed by atoms with Gasteiger partial charge in [0.1, 0.15) is 0 Å². The van der Waals surface area contributed by atoms with Crippen LogP contribution in [0, 0.1) is 29.1 Å². The van der Waals surface area contributed by atoms with E-state index >= 15 is 0 Å². The number of benzene rings is 1. The van der Waals surface area contributed by atoms with Crippen LogP contribution in [0.25, 0.3) is 0 Å². The Morgan fingerprint density at radius 3 is 2.57 bits per heavy atom. The molecular weight excluding hydrogens is 264 g/mol. The summed E-state index contributed by atoms with van der Waals surface area (Å²) in [6.07, 6.45) is 0.548. The molecule has 2 amide bonds. The molecule has 1 heterocycles. The fourth-order valence-electron chi connectivity index (χ4n) is 4.03. The molecule has 0 N–H and O–H groups in total. The second-order valence-electron chi connectivity index (χ2n) is 6.32. The summed E-state index contributed by atoms with van der Waals surface area (Å²) in [4.78, 5) is 26.2. The maximum atomic E-state index is 12.6. The average Bonchev–Trinajstić information content (AvgIpc) is 2.70. The van der Waals surface area contributed by atoms with Crippen molar-refractivity contribution in [1.82, 2.24) is 4.90 Å². The Labute approximate surface area is 124 Å². The third kappa shape index (κ3) is 1.55. The molecule has 1 aromatic carbocycles. The number of hydrogen-bond acceptors (Lipinski definition) is 3. The zero-order valence-electron chi connectivity index (χ0n) is 12.5. The second kappa shape index (κ2) is 4.42. The van der Waals surface area contributed by atoms with Crippen LogP contribution < -0.4 is 0 Å². The van der Waals surface area contributed by atoms with Crippen molar-refractivity contribution in [3.8, 4) is 6.07 Å². The molecule has 3 atom stereocenters. The van der Waals surface area contributed by atoms with Gasteiger partial charge in [0.2, 0.25) is 11.8 Å². The summed E-state index contributed by atoms with van der Waals surface area (Å²) in [6.45, 7) is 3.91. The Morgan fingerprint density at radius 2 is 1.95 bits per heavy atom. The Kier molecular flexibility index (Phi) is 2.91. The standard InChI is InChI=1S/C17H18N2O2/c1-10(2)17(9-18)13-7-5-4-6-11(13)8-12-14(17)16(21)19(3)15(12)20/h4-7,10,12,14H,8H2,1-3H3/t12-,14+,17+/m1/s1. The third-order valence-electron chi connectivity index (χ3n) is 5.14. The highest BCUT2D eigenvalue weighted by Crippen LogP contribution is 2.52. The summed E-state index contributed by atoms with van der Waals surface area (Å²) in [5.41, 5.74) is 1.02. The molecular formula is C17H18N2O2. The van der Waals surface area contributed by atoms with Crippen LogP contribution in [0.2, 0.25) is 0 Å². The predicted octanol–water partition coefficient (Wildman–Crippen LogP) is 1.89. The lowest BCUT2D eigenvalue weighted by atomic mass is 9.56. The summed E-state index contributed by atoms with van der Waals surface area (Å²) in [6, 6.07) is 10.1. The third-order valence-corrected chi connectivity index (χ3v) is 5.14. The van der Waals surface area contributed by atoms with E-state index in [-0.39, 0.29) is 17.7 Å². The van der Waals surface area contributed by atoms with Gasteiger partial charge in [0.25, 0.3) is 0 Å². The molecule has 1 fully saturated rings. The van der Waals surface area contributed by atoms with E-state index in [2.05, 4.69) is 6.07 Å². The Hall–Kier alpha value is -2.15. The van der Waals surface area contributed by atoms with Crippen LogP contribution in [0.15, 0.2) is 24.3 Å². The van der Waals surface area contributed by atoms with Gasteiger partial charge in [0.05, 0.1) is 23.3 Å². The molecule has 0 spiro atoms. The van der Waals surface area contributed by atoms with Gasteiger partial charge in [-0.15, -0.1) is 0 Å². The van der Waals surface area contributed by atoms with Crippen molar-refractivity contribution in [2.45, 2.75) is 25.7 Å². The van der Waals surface area contributed by atoms with Crippen LogP contribution in [0.3, 0.4) is 0 Å². The largest absolute Gasteiger partial charge is 0.285 e. The number of rotatable bonds is 1. The minimum Gasteiger partial charge on any atom is -0.285 e. The van der Waals surface area contributed by atoms with E-state index in [1.165, 1.54) is 11.9 Å². The summed E-state index contributed by atoms with van der Waals surface area (Å²) in [5, 5.41) is 9.96. The molecule has 0 unspecified atom stereocenters. The molecule has 21 heavy (non-hydrogen) atoms. The number of fused-ring (bicyclic) bond motifs is 2. The zero-order valence-corrected chi connectivity index (χ0v) is 12.5. The van der Waals surface area contributed by atoms with Crippen LogP contribution in [-0.4, -0.2) is 23.8 Å². The molecule has 1 aromatic rings. The van der Waals surface area contributed by atoms with E-state index in [0.29, 0.717) is 6.42 Å². The van der Waals surface area contributed by atoms with Crippen molar-refractivity contribution in [3.05, 3.63) is 35.4 Å². The van der Waals surface area contributed by atoms with Crippen molar-refractivity contribution in [2.24, 2.45) is 17.8 Å². The van der Waals surface area contributed by atoms with Crippen LogP contribution in [0.1, 0.15) is 25.0 Å². The lowest BCUT2D eigenvalue weighted by Gasteiger charge is -2.42. The van der Waals surface area contributed by atoms with E-state index in [0.717, 1.165) is 11.1 Å². The maximum Gasteiger partial charge on any atom is 0.234 e. The zero-order chi connectivity index (χ0) is 15.4. The first kappa shape index (κ1) is 13.8. The SMILES string of the molecule is CC(C)[C@@]1(C#N)c2ccccc2C[C@H]2C(=O)N(C)C(=O)[C@H]21. The van der Waals surface area contributed by atoms with Gasteiger partial charge in [-0.25, -0.2) is 0 Å². The minimum absolute atomic E-state index is 0.0419. The topological polar surface area (TPSA) is 61.2 Å². The second-order valence-corrected chi connectivity index (χ2v) is 6.32. The van der Waals surface area contributed by atoms with Crippen LogP contribution >= 0.6 is 0 Å². The van der Waals surface area contributed by atoms with E-state index in [4.69, 9.17) is 0 Å². The van der Waals surface area contributed by atoms with Gasteiger partial charge >= 0.3 is 0 Å². The fourth-order valence-corrected chi connectivity index (χ4v) is 4.03. The fraction of sp³-hybridized carbons (Fsp3) is 0.471. The van der Waals surface area contributed by atoms with Gasteiger partial charge in [-0.2, -0.15) is 5.26 Å². The monoisotopic (exact) mass is 282 g/mol. The van der Waals surface area contributed by atoms with Crippen LogP contribution in [-0.2, 0) is 21.4 Å². The number of nitriles is 1. The van der Waals surface area contributed by atoms with Crippen LogP contribution in [0.4, 0.5) is 0 Å². The number of carbonyl (C=O) groups is 2. The molecule has 4 heteroatoms. The van der Waals surface area contributed by atoms with Crippen molar-refractivity contribution in [1.29, 1.82) is 5.26 Å². The smallest absolute Gasteiger partial charge is 0.234 e. The van der Waals surface area contributed by atoms with E-state index in [9.17, 15) is 14.9 Å². The van der Waals surface area contributed by atoms with Crippen molar-refractivity contribution in [3.63, 3.8) is 0 Å². The molecule has 1 aliphatic carbocycles. The van der Waals surface area contributed by atoms with E-state index < -0.39 is 17.3 Å². The summed E-state index contributed by atoms with van der Waals surface area (Å²) in [5.74, 6) is -1.37. The molecule has 0 saturated carbocycles. The average molecular weight is 282 g/mol. The molecule has 0 radical (unpaired) electrons. The number of nitrogens with zero attached hydrogens (tertiary/aromatic N) is 2. The molecule has 0 aromatic heterocycles. The molecule has 2 aliphatic rings. The normalized spacial score (nSPS) is 31.1. The predicted molar refractivity (Wildman–Crippen MR) is 77.0 cm³/mol. The summed E-state index contributed by atoms with van der Waals surface area (Å²) >= 11 is 0. The number of imide groups is 1. The lowest BCUT2D eigenvalue weighted by molar-refractivity contribution is -0.138. The number of amides is 2. The van der Waals surface area contributed by atoms with E-state index in [1.54, 1.807) is 0 Å². The van der Waals surface area contributed by atoms with Crippen molar-refractivity contribution < 1.29 is 9.59 Å². The van der Waals surface area contributed by atoms with Gasteiger partial charge in [-0.3, -0.25) is 14.5 Å².